The van der Waals surface area contributed by atoms with Crippen LogP contribution < -0.4 is 0 Å². The SMILES string of the molecule is CC(C)=C1C=COC1. The highest BCUT2D eigenvalue weighted by molar-refractivity contribution is 5.25. The number of hydrogen-bond donors (Lipinski definition) is 0. The summed E-state index contributed by atoms with van der Waals surface area (Å²) in [5.74, 6) is 0. The third kappa shape index (κ3) is 0.915. The van der Waals surface area contributed by atoms with Crippen LogP contribution in [0.5, 0.6) is 0 Å². The molecule has 0 bridgehead atoms. The van der Waals surface area contributed by atoms with Crippen LogP contribution >= 0.6 is 0 Å². The number of hydrogen-bond acceptors (Lipinski definition) is 1. The third-order valence-electron chi connectivity index (χ3n) is 1.25. The highest BCUT2D eigenvalue weighted by Crippen LogP contribution is 2.10. The molecule has 0 N–H and O–H groups in total. The summed E-state index contributed by atoms with van der Waals surface area (Å²) in [7, 11) is 0. The fraction of sp³-hybridized carbons (Fsp3) is 0.429. The zero-order valence-corrected chi connectivity index (χ0v) is 5.27. The summed E-state index contributed by atoms with van der Waals surface area (Å²) in [6.45, 7) is 4.95. The maximum Gasteiger partial charge on any atom is 0.112 e. The van der Waals surface area contributed by atoms with Crippen LogP contribution in [0.4, 0.5) is 0 Å². The van der Waals surface area contributed by atoms with Crippen LogP contribution in [-0.2, 0) is 4.74 Å². The summed E-state index contributed by atoms with van der Waals surface area (Å²) >= 11 is 0. The minimum Gasteiger partial charge on any atom is -0.497 e. The van der Waals surface area contributed by atoms with Crippen LogP contribution in [0.1, 0.15) is 13.8 Å². The molecule has 0 unspecified atom stereocenters. The van der Waals surface area contributed by atoms with E-state index in [2.05, 4.69) is 13.8 Å². The van der Waals surface area contributed by atoms with Crippen molar-refractivity contribution in [1.82, 2.24) is 0 Å². The van der Waals surface area contributed by atoms with E-state index in [1.807, 2.05) is 6.08 Å². The van der Waals surface area contributed by atoms with Gasteiger partial charge in [-0.15, -0.1) is 0 Å². The smallest absolute Gasteiger partial charge is 0.112 e. The summed E-state index contributed by atoms with van der Waals surface area (Å²) in [6.07, 6.45) is 3.75. The molecule has 1 heteroatoms. The van der Waals surface area contributed by atoms with Crippen molar-refractivity contribution in [2.24, 2.45) is 0 Å². The molecule has 1 nitrogen and oxygen atoms in total. The molecular weight excluding hydrogens is 100 g/mol. The van der Waals surface area contributed by atoms with Crippen LogP contribution in [-0.4, -0.2) is 6.61 Å². The molecule has 0 aliphatic carbocycles. The van der Waals surface area contributed by atoms with E-state index in [1.54, 1.807) is 6.26 Å². The van der Waals surface area contributed by atoms with Crippen molar-refractivity contribution in [2.45, 2.75) is 13.8 Å². The fourth-order valence-electron chi connectivity index (χ4n) is 0.627. The molecule has 8 heavy (non-hydrogen) atoms. The van der Waals surface area contributed by atoms with Gasteiger partial charge in [0.15, 0.2) is 0 Å². The number of ether oxygens (including phenoxy) is 1. The maximum atomic E-state index is 4.98. The normalized spacial score (nSPS) is 16.5. The van der Waals surface area contributed by atoms with E-state index in [4.69, 9.17) is 4.74 Å². The molecule has 1 aliphatic heterocycles. The molecule has 0 aromatic rings. The average Bonchev–Trinajstić information content (AvgIpc) is 2.12. The van der Waals surface area contributed by atoms with Crippen molar-refractivity contribution < 1.29 is 4.74 Å². The third-order valence-corrected chi connectivity index (χ3v) is 1.25. The van der Waals surface area contributed by atoms with E-state index in [0.717, 1.165) is 6.61 Å². The Morgan fingerprint density at radius 1 is 1.62 bits per heavy atom. The standard InChI is InChI=1S/C7H10O/c1-6(2)7-3-4-8-5-7/h3-4H,5H2,1-2H3. The van der Waals surface area contributed by atoms with E-state index >= 15 is 0 Å². The molecule has 0 aromatic carbocycles. The predicted molar refractivity (Wildman–Crippen MR) is 33.5 cm³/mol. The maximum absolute atomic E-state index is 4.98. The van der Waals surface area contributed by atoms with E-state index in [1.165, 1.54) is 11.1 Å². The Bertz CT molecular complexity index is 138. The van der Waals surface area contributed by atoms with Gasteiger partial charge in [-0.1, -0.05) is 5.57 Å². The second kappa shape index (κ2) is 2.03. The zero-order chi connectivity index (χ0) is 5.98. The lowest BCUT2D eigenvalue weighted by Gasteiger charge is -1.93. The Morgan fingerprint density at radius 3 is 2.62 bits per heavy atom. The molecule has 1 rings (SSSR count). The monoisotopic (exact) mass is 110 g/mol. The lowest BCUT2D eigenvalue weighted by molar-refractivity contribution is 0.301. The molecule has 0 amide bonds. The minimum atomic E-state index is 0.766. The first-order valence-electron chi connectivity index (χ1n) is 2.75. The molecule has 1 aliphatic rings. The van der Waals surface area contributed by atoms with Crippen molar-refractivity contribution in [3.63, 3.8) is 0 Å². The molecule has 0 saturated carbocycles. The largest absolute Gasteiger partial charge is 0.497 e. The van der Waals surface area contributed by atoms with Gasteiger partial charge in [-0.25, -0.2) is 0 Å². The first kappa shape index (κ1) is 5.42. The summed E-state index contributed by atoms with van der Waals surface area (Å²) in [5.41, 5.74) is 2.66. The van der Waals surface area contributed by atoms with Gasteiger partial charge in [0.05, 0.1) is 6.26 Å². The lowest BCUT2D eigenvalue weighted by Crippen LogP contribution is -1.83. The zero-order valence-electron chi connectivity index (χ0n) is 5.27. The molecule has 0 atom stereocenters. The minimum absolute atomic E-state index is 0.766. The van der Waals surface area contributed by atoms with Crippen LogP contribution in [0, 0.1) is 0 Å². The Labute approximate surface area is 49.7 Å². The van der Waals surface area contributed by atoms with Crippen molar-refractivity contribution in [1.29, 1.82) is 0 Å². The lowest BCUT2D eigenvalue weighted by atomic mass is 10.2. The van der Waals surface area contributed by atoms with E-state index in [9.17, 15) is 0 Å². The van der Waals surface area contributed by atoms with Gasteiger partial charge in [0.25, 0.3) is 0 Å². The Kier molecular flexibility index (Phi) is 1.38. The molecule has 0 aromatic heterocycles. The fourth-order valence-corrected chi connectivity index (χ4v) is 0.627. The van der Waals surface area contributed by atoms with Crippen LogP contribution in [0.2, 0.25) is 0 Å². The van der Waals surface area contributed by atoms with Gasteiger partial charge in [0.2, 0.25) is 0 Å². The Hall–Kier alpha value is -0.720. The van der Waals surface area contributed by atoms with Gasteiger partial charge in [-0.3, -0.25) is 0 Å². The highest BCUT2D eigenvalue weighted by atomic mass is 16.5. The highest BCUT2D eigenvalue weighted by Gasteiger charge is 1.99. The quantitative estimate of drug-likeness (QED) is 0.462. The van der Waals surface area contributed by atoms with Gasteiger partial charge in [0, 0.05) is 0 Å². The van der Waals surface area contributed by atoms with Crippen molar-refractivity contribution in [3.05, 3.63) is 23.5 Å². The summed E-state index contributed by atoms with van der Waals surface area (Å²) in [4.78, 5) is 0. The molecular formula is C7H10O. The summed E-state index contributed by atoms with van der Waals surface area (Å²) in [6, 6.07) is 0. The first-order chi connectivity index (χ1) is 3.80. The van der Waals surface area contributed by atoms with Gasteiger partial charge < -0.3 is 4.74 Å². The van der Waals surface area contributed by atoms with Crippen LogP contribution in [0.25, 0.3) is 0 Å². The van der Waals surface area contributed by atoms with Gasteiger partial charge in [-0.05, 0) is 25.5 Å². The Morgan fingerprint density at radius 2 is 2.38 bits per heavy atom. The van der Waals surface area contributed by atoms with Gasteiger partial charge >= 0.3 is 0 Å². The molecule has 0 saturated heterocycles. The number of allylic oxidation sites excluding steroid dienone is 1. The summed E-state index contributed by atoms with van der Waals surface area (Å²) in [5, 5.41) is 0. The molecule has 0 spiro atoms. The average molecular weight is 110 g/mol. The van der Waals surface area contributed by atoms with Gasteiger partial charge in [0.1, 0.15) is 6.61 Å². The van der Waals surface area contributed by atoms with Crippen LogP contribution in [0.3, 0.4) is 0 Å². The van der Waals surface area contributed by atoms with E-state index in [-0.39, 0.29) is 0 Å². The topological polar surface area (TPSA) is 9.23 Å². The van der Waals surface area contributed by atoms with E-state index < -0.39 is 0 Å². The molecule has 1 heterocycles. The van der Waals surface area contributed by atoms with Crippen LogP contribution in [0.15, 0.2) is 23.5 Å². The summed E-state index contributed by atoms with van der Waals surface area (Å²) < 4.78 is 4.98. The number of rotatable bonds is 0. The molecule has 0 fully saturated rings. The Balaban J connectivity index is 2.73. The van der Waals surface area contributed by atoms with Crippen molar-refractivity contribution >= 4 is 0 Å². The molecule has 44 valence electrons. The van der Waals surface area contributed by atoms with E-state index in [0.29, 0.717) is 0 Å². The van der Waals surface area contributed by atoms with Crippen molar-refractivity contribution in [3.8, 4) is 0 Å². The second-order valence-corrected chi connectivity index (χ2v) is 2.14. The second-order valence-electron chi connectivity index (χ2n) is 2.14. The predicted octanol–water partition coefficient (Wildman–Crippen LogP) is 1.87. The first-order valence-corrected chi connectivity index (χ1v) is 2.75. The van der Waals surface area contributed by atoms with Crippen molar-refractivity contribution in [2.75, 3.05) is 6.61 Å². The van der Waals surface area contributed by atoms with Gasteiger partial charge in [-0.2, -0.15) is 0 Å². The molecule has 0 radical (unpaired) electrons.